The molecule has 6 nitrogen and oxygen atoms in total. The lowest BCUT2D eigenvalue weighted by molar-refractivity contribution is 0.356. The van der Waals surface area contributed by atoms with Crippen molar-refractivity contribution in [3.05, 3.63) is 71.9 Å². The summed E-state index contributed by atoms with van der Waals surface area (Å²) in [5.41, 5.74) is 2.78. The minimum absolute atomic E-state index is 0.580. The Morgan fingerprint density at radius 2 is 1.84 bits per heavy atom. The van der Waals surface area contributed by atoms with Gasteiger partial charge >= 0.3 is 0 Å². The number of ether oxygens (including phenoxy) is 2. The van der Waals surface area contributed by atoms with E-state index in [1.807, 2.05) is 54.6 Å². The number of fused-ring (bicyclic) bond motifs is 1. The highest BCUT2D eigenvalue weighted by Gasteiger charge is 2.16. The molecule has 0 aliphatic heterocycles. The standard InChI is InChI=1S/C24H19N3O3S2/c1-28-19-10-5-8-17(21(19)29-2)24-25-15(14-32-24)13-31-23-16-7-3-4-9-18(16)26-22(27-23)20-11-6-12-30-20/h3-12,14H,13H2,1-2H3. The number of benzene rings is 2. The van der Waals surface area contributed by atoms with E-state index in [0.29, 0.717) is 28.8 Å². The number of hydrogen-bond donors (Lipinski definition) is 0. The molecular formula is C24H19N3O3S2. The Morgan fingerprint density at radius 1 is 0.938 bits per heavy atom. The van der Waals surface area contributed by atoms with Crippen molar-refractivity contribution in [1.82, 2.24) is 15.0 Å². The molecule has 0 atom stereocenters. The van der Waals surface area contributed by atoms with Crippen molar-refractivity contribution < 1.29 is 13.9 Å². The van der Waals surface area contributed by atoms with Crippen LogP contribution in [0, 0.1) is 0 Å². The first-order chi connectivity index (χ1) is 15.8. The third kappa shape index (κ3) is 3.94. The summed E-state index contributed by atoms with van der Waals surface area (Å²) in [5, 5.41) is 4.87. The number of furan rings is 1. The zero-order valence-electron chi connectivity index (χ0n) is 17.4. The molecule has 0 radical (unpaired) electrons. The molecule has 2 aromatic carbocycles. The Bertz CT molecular complexity index is 1370. The molecule has 0 N–H and O–H groups in total. The molecule has 0 saturated heterocycles. The van der Waals surface area contributed by atoms with E-state index in [4.69, 9.17) is 23.9 Å². The maximum absolute atomic E-state index is 5.57. The topological polar surface area (TPSA) is 70.3 Å². The summed E-state index contributed by atoms with van der Waals surface area (Å²) in [4.78, 5) is 14.3. The maximum Gasteiger partial charge on any atom is 0.197 e. The van der Waals surface area contributed by atoms with Crippen molar-refractivity contribution in [2.75, 3.05) is 14.2 Å². The first-order valence-electron chi connectivity index (χ1n) is 9.86. The molecule has 0 aliphatic carbocycles. The first-order valence-corrected chi connectivity index (χ1v) is 11.7. The Morgan fingerprint density at radius 3 is 2.66 bits per heavy atom. The summed E-state index contributed by atoms with van der Waals surface area (Å²) in [7, 11) is 3.27. The number of aromatic nitrogens is 3. The van der Waals surface area contributed by atoms with Gasteiger partial charge in [-0.1, -0.05) is 36.0 Å². The van der Waals surface area contributed by atoms with Gasteiger partial charge in [0.1, 0.15) is 10.0 Å². The SMILES string of the molecule is COc1cccc(-c2nc(CSc3nc(-c4ccco4)nc4ccccc34)cs2)c1OC. The van der Waals surface area contributed by atoms with E-state index in [-0.39, 0.29) is 0 Å². The summed E-state index contributed by atoms with van der Waals surface area (Å²) in [6.45, 7) is 0. The lowest BCUT2D eigenvalue weighted by atomic mass is 10.2. The van der Waals surface area contributed by atoms with Gasteiger partial charge in [0.05, 0.1) is 37.3 Å². The van der Waals surface area contributed by atoms with Crippen LogP contribution in [-0.4, -0.2) is 29.2 Å². The average Bonchev–Trinajstić information content (AvgIpc) is 3.54. The van der Waals surface area contributed by atoms with Gasteiger partial charge in [-0.05, 0) is 30.3 Å². The summed E-state index contributed by atoms with van der Waals surface area (Å²) in [6, 6.07) is 17.5. The lowest BCUT2D eigenvalue weighted by Crippen LogP contribution is -1.94. The number of hydrogen-bond acceptors (Lipinski definition) is 8. The maximum atomic E-state index is 5.57. The van der Waals surface area contributed by atoms with E-state index < -0.39 is 0 Å². The molecule has 5 aromatic rings. The van der Waals surface area contributed by atoms with Crippen LogP contribution in [0.3, 0.4) is 0 Å². The minimum Gasteiger partial charge on any atom is -0.493 e. The predicted octanol–water partition coefficient (Wildman–Crippen LogP) is 6.32. The smallest absolute Gasteiger partial charge is 0.197 e. The molecule has 0 unspecified atom stereocenters. The number of nitrogens with zero attached hydrogens (tertiary/aromatic N) is 3. The summed E-state index contributed by atoms with van der Waals surface area (Å²) >= 11 is 3.22. The molecule has 8 heteroatoms. The number of thiazole rings is 1. The quantitative estimate of drug-likeness (QED) is 0.207. The second-order valence-corrected chi connectivity index (χ2v) is 8.64. The monoisotopic (exact) mass is 461 g/mol. The fourth-order valence-electron chi connectivity index (χ4n) is 3.37. The predicted molar refractivity (Wildman–Crippen MR) is 127 cm³/mol. The average molecular weight is 462 g/mol. The van der Waals surface area contributed by atoms with Crippen LogP contribution in [0.4, 0.5) is 0 Å². The van der Waals surface area contributed by atoms with Gasteiger partial charge in [-0.15, -0.1) is 11.3 Å². The third-order valence-corrected chi connectivity index (χ3v) is 6.80. The number of para-hydroxylation sites is 2. The molecule has 0 spiro atoms. The van der Waals surface area contributed by atoms with Gasteiger partial charge in [-0.2, -0.15) is 0 Å². The van der Waals surface area contributed by atoms with E-state index in [0.717, 1.165) is 32.2 Å². The van der Waals surface area contributed by atoms with E-state index >= 15 is 0 Å². The van der Waals surface area contributed by atoms with Crippen LogP contribution < -0.4 is 9.47 Å². The molecule has 3 heterocycles. The molecule has 0 saturated carbocycles. The zero-order chi connectivity index (χ0) is 21.9. The van der Waals surface area contributed by atoms with Crippen LogP contribution in [0.5, 0.6) is 11.5 Å². The van der Waals surface area contributed by atoms with Crippen molar-refractivity contribution in [1.29, 1.82) is 0 Å². The van der Waals surface area contributed by atoms with Gasteiger partial charge < -0.3 is 13.9 Å². The molecule has 5 rings (SSSR count). The molecule has 0 fully saturated rings. The van der Waals surface area contributed by atoms with Gasteiger partial charge in [0, 0.05) is 16.5 Å². The highest BCUT2D eigenvalue weighted by Crippen LogP contribution is 2.39. The number of rotatable bonds is 7. The van der Waals surface area contributed by atoms with Crippen LogP contribution in [-0.2, 0) is 5.75 Å². The summed E-state index contributed by atoms with van der Waals surface area (Å²) in [5.74, 6) is 3.29. The van der Waals surface area contributed by atoms with Crippen molar-refractivity contribution in [2.24, 2.45) is 0 Å². The normalized spacial score (nSPS) is 11.1. The number of thioether (sulfide) groups is 1. The van der Waals surface area contributed by atoms with Gasteiger partial charge in [0.25, 0.3) is 0 Å². The van der Waals surface area contributed by atoms with Crippen molar-refractivity contribution in [3.8, 4) is 33.7 Å². The Labute approximate surface area is 193 Å². The van der Waals surface area contributed by atoms with Crippen LogP contribution in [0.15, 0.2) is 75.7 Å². The van der Waals surface area contributed by atoms with Gasteiger partial charge in [0.2, 0.25) is 0 Å². The van der Waals surface area contributed by atoms with E-state index in [1.54, 1.807) is 43.6 Å². The van der Waals surface area contributed by atoms with Crippen molar-refractivity contribution >= 4 is 34.0 Å². The molecule has 0 amide bonds. The van der Waals surface area contributed by atoms with Gasteiger partial charge in [0.15, 0.2) is 23.1 Å². The molecule has 0 aliphatic rings. The second-order valence-electron chi connectivity index (χ2n) is 6.82. The van der Waals surface area contributed by atoms with Crippen LogP contribution in [0.25, 0.3) is 33.1 Å². The lowest BCUT2D eigenvalue weighted by Gasteiger charge is -2.10. The van der Waals surface area contributed by atoms with Crippen molar-refractivity contribution in [3.63, 3.8) is 0 Å². The molecule has 3 aromatic heterocycles. The van der Waals surface area contributed by atoms with Gasteiger partial charge in [-0.3, -0.25) is 0 Å². The summed E-state index contributed by atoms with van der Waals surface area (Å²) in [6.07, 6.45) is 1.63. The number of methoxy groups -OCH3 is 2. The van der Waals surface area contributed by atoms with Crippen molar-refractivity contribution in [2.45, 2.75) is 10.8 Å². The highest BCUT2D eigenvalue weighted by molar-refractivity contribution is 7.98. The van der Waals surface area contributed by atoms with E-state index in [1.165, 1.54) is 0 Å². The molecule has 0 bridgehead atoms. The Kier molecular flexibility index (Phi) is 5.79. The van der Waals surface area contributed by atoms with Crippen LogP contribution in [0.2, 0.25) is 0 Å². The van der Waals surface area contributed by atoms with Crippen LogP contribution >= 0.6 is 23.1 Å². The Balaban J connectivity index is 1.44. The first kappa shape index (κ1) is 20.5. The zero-order valence-corrected chi connectivity index (χ0v) is 19.1. The van der Waals surface area contributed by atoms with E-state index in [2.05, 4.69) is 10.4 Å². The fourth-order valence-corrected chi connectivity index (χ4v) is 5.23. The highest BCUT2D eigenvalue weighted by atomic mass is 32.2. The van der Waals surface area contributed by atoms with Gasteiger partial charge in [-0.25, -0.2) is 15.0 Å². The molecular weight excluding hydrogens is 442 g/mol. The van der Waals surface area contributed by atoms with E-state index in [9.17, 15) is 0 Å². The summed E-state index contributed by atoms with van der Waals surface area (Å²) < 4.78 is 16.5. The third-order valence-electron chi connectivity index (χ3n) is 4.85. The largest absolute Gasteiger partial charge is 0.493 e. The molecule has 160 valence electrons. The second kappa shape index (κ2) is 9.02. The Hall–Kier alpha value is -3.36. The molecule has 32 heavy (non-hydrogen) atoms. The minimum atomic E-state index is 0.580. The fraction of sp³-hybridized carbons (Fsp3) is 0.125. The van der Waals surface area contributed by atoms with Crippen LogP contribution in [0.1, 0.15) is 5.69 Å².